The third-order valence-electron chi connectivity index (χ3n) is 4.31. The molecular weight excluding hydrogens is 252 g/mol. The molecule has 0 saturated heterocycles. The molecule has 1 fully saturated rings. The highest BCUT2D eigenvalue weighted by atomic mass is 16.5. The molecule has 1 heterocycles. The van der Waals surface area contributed by atoms with E-state index in [-0.39, 0.29) is 5.60 Å². The number of methoxy groups -OCH3 is 1. The Morgan fingerprint density at radius 2 is 2.00 bits per heavy atom. The summed E-state index contributed by atoms with van der Waals surface area (Å²) in [7, 11) is 1.77. The summed E-state index contributed by atoms with van der Waals surface area (Å²) < 4.78 is 11.1. The largest absolute Gasteiger partial charge is 0.380 e. The quantitative estimate of drug-likeness (QED) is 0.927. The van der Waals surface area contributed by atoms with Crippen molar-refractivity contribution in [1.82, 2.24) is 5.16 Å². The van der Waals surface area contributed by atoms with E-state index < -0.39 is 0 Å². The molecule has 1 saturated carbocycles. The van der Waals surface area contributed by atoms with Crippen LogP contribution in [0.25, 0.3) is 11.1 Å². The lowest BCUT2D eigenvalue weighted by molar-refractivity contribution is -0.0742. The molecule has 4 nitrogen and oxygen atoms in total. The standard InChI is InChI=1S/C16H20N2O2/c1-11-4-6-12(7-5-11)14-13(20-18-15(14)17)10-16(19-2)8-3-9-16/h4-7H,3,8-10H2,1-2H3,(H2,17,18). The van der Waals surface area contributed by atoms with Crippen LogP contribution in [-0.2, 0) is 11.2 Å². The van der Waals surface area contributed by atoms with Gasteiger partial charge in [0.05, 0.1) is 11.2 Å². The Bertz CT molecular complexity index is 592. The van der Waals surface area contributed by atoms with Gasteiger partial charge in [-0.05, 0) is 31.7 Å². The van der Waals surface area contributed by atoms with Crippen molar-refractivity contribution in [2.75, 3.05) is 12.8 Å². The first-order valence-electron chi connectivity index (χ1n) is 7.00. The van der Waals surface area contributed by atoms with Gasteiger partial charge in [-0.15, -0.1) is 0 Å². The van der Waals surface area contributed by atoms with Crippen LogP contribution in [0.3, 0.4) is 0 Å². The van der Waals surface area contributed by atoms with Crippen LogP contribution in [0.15, 0.2) is 28.8 Å². The van der Waals surface area contributed by atoms with Gasteiger partial charge < -0.3 is 15.0 Å². The highest BCUT2D eigenvalue weighted by Crippen LogP contribution is 2.41. The zero-order valence-electron chi connectivity index (χ0n) is 12.0. The highest BCUT2D eigenvalue weighted by Gasteiger charge is 2.39. The van der Waals surface area contributed by atoms with Gasteiger partial charge in [0.2, 0.25) is 0 Å². The molecule has 0 unspecified atom stereocenters. The summed E-state index contributed by atoms with van der Waals surface area (Å²) in [4.78, 5) is 0. The number of nitrogens with two attached hydrogens (primary N) is 1. The summed E-state index contributed by atoms with van der Waals surface area (Å²) in [5.41, 5.74) is 9.08. The molecule has 0 bridgehead atoms. The first-order chi connectivity index (χ1) is 9.63. The SMILES string of the molecule is COC1(Cc2onc(N)c2-c2ccc(C)cc2)CCC1. The molecule has 0 radical (unpaired) electrons. The van der Waals surface area contributed by atoms with Crippen LogP contribution in [0.4, 0.5) is 5.82 Å². The number of aromatic nitrogens is 1. The summed E-state index contributed by atoms with van der Waals surface area (Å²) in [6.07, 6.45) is 4.07. The molecule has 1 aliphatic carbocycles. The van der Waals surface area contributed by atoms with Crippen molar-refractivity contribution >= 4 is 5.82 Å². The molecule has 20 heavy (non-hydrogen) atoms. The number of benzene rings is 1. The van der Waals surface area contributed by atoms with Crippen molar-refractivity contribution in [3.8, 4) is 11.1 Å². The Morgan fingerprint density at radius 1 is 1.30 bits per heavy atom. The molecule has 0 atom stereocenters. The Labute approximate surface area is 118 Å². The number of nitrogen functional groups attached to an aromatic ring is 1. The number of hydrogen-bond donors (Lipinski definition) is 1. The lowest BCUT2D eigenvalue weighted by atomic mass is 9.76. The summed E-state index contributed by atoms with van der Waals surface area (Å²) in [5, 5.41) is 3.94. The average molecular weight is 272 g/mol. The number of ether oxygens (including phenoxy) is 1. The van der Waals surface area contributed by atoms with Gasteiger partial charge in [-0.1, -0.05) is 35.0 Å². The summed E-state index contributed by atoms with van der Waals surface area (Å²) in [6.45, 7) is 2.07. The maximum absolute atomic E-state index is 5.99. The van der Waals surface area contributed by atoms with Crippen LogP contribution in [0, 0.1) is 6.92 Å². The Balaban J connectivity index is 1.95. The molecule has 3 rings (SSSR count). The van der Waals surface area contributed by atoms with Crippen LogP contribution in [0.1, 0.15) is 30.6 Å². The van der Waals surface area contributed by atoms with Gasteiger partial charge in [0, 0.05) is 13.5 Å². The first kappa shape index (κ1) is 13.2. The van der Waals surface area contributed by atoms with Crippen LogP contribution in [0.5, 0.6) is 0 Å². The lowest BCUT2D eigenvalue weighted by Gasteiger charge is -2.39. The molecule has 1 aromatic heterocycles. The molecule has 2 aromatic rings. The number of anilines is 1. The second-order valence-corrected chi connectivity index (χ2v) is 5.65. The molecule has 0 aliphatic heterocycles. The van der Waals surface area contributed by atoms with Crippen molar-refractivity contribution < 1.29 is 9.26 Å². The van der Waals surface area contributed by atoms with Gasteiger partial charge in [0.15, 0.2) is 5.82 Å². The zero-order valence-corrected chi connectivity index (χ0v) is 12.0. The molecule has 106 valence electrons. The smallest absolute Gasteiger partial charge is 0.175 e. The third-order valence-corrected chi connectivity index (χ3v) is 4.31. The molecule has 4 heteroatoms. The maximum Gasteiger partial charge on any atom is 0.175 e. The molecule has 0 amide bonds. The summed E-state index contributed by atoms with van der Waals surface area (Å²) >= 11 is 0. The normalized spacial score (nSPS) is 16.9. The molecule has 1 aromatic carbocycles. The van der Waals surface area contributed by atoms with Gasteiger partial charge in [-0.25, -0.2) is 0 Å². The van der Waals surface area contributed by atoms with Crippen molar-refractivity contribution in [1.29, 1.82) is 0 Å². The first-order valence-corrected chi connectivity index (χ1v) is 7.00. The minimum atomic E-state index is -0.0918. The van der Waals surface area contributed by atoms with Gasteiger partial charge in [-0.2, -0.15) is 0 Å². The van der Waals surface area contributed by atoms with E-state index in [9.17, 15) is 0 Å². The van der Waals surface area contributed by atoms with E-state index in [1.807, 2.05) is 0 Å². The predicted molar refractivity (Wildman–Crippen MR) is 78.4 cm³/mol. The number of rotatable bonds is 4. The minimum Gasteiger partial charge on any atom is -0.380 e. The van der Waals surface area contributed by atoms with Gasteiger partial charge in [-0.3, -0.25) is 0 Å². The third kappa shape index (κ3) is 2.20. The monoisotopic (exact) mass is 272 g/mol. The number of hydrogen-bond acceptors (Lipinski definition) is 4. The molecule has 2 N–H and O–H groups in total. The number of aryl methyl sites for hydroxylation is 1. The van der Waals surface area contributed by atoms with Gasteiger partial charge in [0.1, 0.15) is 5.76 Å². The van der Waals surface area contributed by atoms with Gasteiger partial charge in [0.25, 0.3) is 0 Å². The van der Waals surface area contributed by atoms with E-state index in [2.05, 4.69) is 36.3 Å². The second-order valence-electron chi connectivity index (χ2n) is 5.65. The Hall–Kier alpha value is -1.81. The van der Waals surface area contributed by atoms with E-state index >= 15 is 0 Å². The Morgan fingerprint density at radius 3 is 2.55 bits per heavy atom. The topological polar surface area (TPSA) is 61.3 Å². The van der Waals surface area contributed by atoms with E-state index in [4.69, 9.17) is 15.0 Å². The molecule has 0 spiro atoms. The van der Waals surface area contributed by atoms with Crippen molar-refractivity contribution in [3.63, 3.8) is 0 Å². The van der Waals surface area contributed by atoms with Gasteiger partial charge >= 0.3 is 0 Å². The van der Waals surface area contributed by atoms with E-state index in [1.54, 1.807) is 7.11 Å². The molecule has 1 aliphatic rings. The second kappa shape index (κ2) is 4.94. The van der Waals surface area contributed by atoms with Crippen molar-refractivity contribution in [2.24, 2.45) is 0 Å². The van der Waals surface area contributed by atoms with E-state index in [0.717, 1.165) is 36.1 Å². The fourth-order valence-corrected chi connectivity index (χ4v) is 2.80. The fraction of sp³-hybridized carbons (Fsp3) is 0.438. The average Bonchev–Trinajstić information content (AvgIpc) is 2.76. The fourth-order valence-electron chi connectivity index (χ4n) is 2.80. The van der Waals surface area contributed by atoms with Crippen LogP contribution >= 0.6 is 0 Å². The zero-order chi connectivity index (χ0) is 14.2. The number of nitrogens with zero attached hydrogens (tertiary/aromatic N) is 1. The van der Waals surface area contributed by atoms with E-state index in [1.165, 1.54) is 12.0 Å². The Kier molecular flexibility index (Phi) is 3.26. The lowest BCUT2D eigenvalue weighted by Crippen LogP contribution is -2.41. The highest BCUT2D eigenvalue weighted by molar-refractivity contribution is 5.75. The van der Waals surface area contributed by atoms with Crippen molar-refractivity contribution in [3.05, 3.63) is 35.6 Å². The minimum absolute atomic E-state index is 0.0918. The summed E-state index contributed by atoms with van der Waals surface area (Å²) in [6, 6.07) is 8.26. The molecular formula is C16H20N2O2. The predicted octanol–water partition coefficient (Wildman–Crippen LogP) is 3.34. The summed E-state index contributed by atoms with van der Waals surface area (Å²) in [5.74, 6) is 1.28. The van der Waals surface area contributed by atoms with E-state index in [0.29, 0.717) is 5.82 Å². The van der Waals surface area contributed by atoms with Crippen LogP contribution in [-0.4, -0.2) is 17.9 Å². The van der Waals surface area contributed by atoms with Crippen LogP contribution < -0.4 is 5.73 Å². The maximum atomic E-state index is 5.99. The van der Waals surface area contributed by atoms with Crippen molar-refractivity contribution in [2.45, 2.75) is 38.2 Å². The van der Waals surface area contributed by atoms with Crippen LogP contribution in [0.2, 0.25) is 0 Å².